The van der Waals surface area contributed by atoms with E-state index in [9.17, 15) is 9.59 Å². The molecular formula is C25H20N8O3. The number of benzene rings is 2. The van der Waals surface area contributed by atoms with Gasteiger partial charge in [0.05, 0.1) is 11.9 Å². The smallest absolute Gasteiger partial charge is 0.274 e. The predicted molar refractivity (Wildman–Crippen MR) is 132 cm³/mol. The molecule has 5 aromatic rings. The number of carbonyl (C=O) groups is 2. The summed E-state index contributed by atoms with van der Waals surface area (Å²) in [6.07, 6.45) is 2.98. The highest BCUT2D eigenvalue weighted by Crippen LogP contribution is 2.30. The number of nitrogen functional groups attached to an aromatic ring is 1. The summed E-state index contributed by atoms with van der Waals surface area (Å²) in [7, 11) is 0. The van der Waals surface area contributed by atoms with Crippen LogP contribution in [0.15, 0.2) is 79.3 Å². The summed E-state index contributed by atoms with van der Waals surface area (Å²) in [5.41, 5.74) is 11.3. The Balaban J connectivity index is 1.45. The van der Waals surface area contributed by atoms with Gasteiger partial charge in [-0.25, -0.2) is 25.1 Å². The van der Waals surface area contributed by atoms with Gasteiger partial charge in [0.2, 0.25) is 0 Å². The molecule has 11 nitrogen and oxygen atoms in total. The zero-order valence-corrected chi connectivity index (χ0v) is 18.8. The van der Waals surface area contributed by atoms with E-state index in [0.29, 0.717) is 40.2 Å². The minimum atomic E-state index is -0.592. The molecule has 0 saturated carbocycles. The molecule has 2 aromatic carbocycles. The topological polar surface area (TPSA) is 161 Å². The van der Waals surface area contributed by atoms with Gasteiger partial charge in [-0.1, -0.05) is 30.3 Å². The summed E-state index contributed by atoms with van der Waals surface area (Å²) >= 11 is 0. The van der Waals surface area contributed by atoms with Crippen LogP contribution in [0.3, 0.4) is 0 Å². The number of hydrogen-bond acceptors (Lipinski definition) is 8. The molecule has 36 heavy (non-hydrogen) atoms. The maximum atomic E-state index is 12.6. The standard InChI is InChI=1S/C25H20N8O3/c26-22-20-21(16-8-10-17(11-9-16)24(34)30-19-3-1-2-12-27-19)31-33(23(20)29-14-28-22)13-15-4-6-18(7-5-15)25(35)32-36/h1-12,14,36H,13H2,(H,32,35)(H2,26,28,29)(H,27,30,34). The van der Waals surface area contributed by atoms with Crippen molar-refractivity contribution in [2.24, 2.45) is 0 Å². The zero-order valence-electron chi connectivity index (χ0n) is 18.8. The van der Waals surface area contributed by atoms with Crippen LogP contribution in [0, 0.1) is 0 Å². The van der Waals surface area contributed by atoms with E-state index in [4.69, 9.17) is 16.0 Å². The number of nitrogens with zero attached hydrogens (tertiary/aromatic N) is 5. The Kier molecular flexibility index (Phi) is 6.03. The molecule has 0 aliphatic heterocycles. The number of hydrogen-bond donors (Lipinski definition) is 4. The van der Waals surface area contributed by atoms with Crippen molar-refractivity contribution in [3.63, 3.8) is 0 Å². The molecule has 0 bridgehead atoms. The fraction of sp³-hybridized carbons (Fsp3) is 0.0400. The summed E-state index contributed by atoms with van der Waals surface area (Å²) in [5.74, 6) is -0.123. The molecule has 0 unspecified atom stereocenters. The van der Waals surface area contributed by atoms with Gasteiger partial charge in [-0.15, -0.1) is 0 Å². The van der Waals surface area contributed by atoms with Gasteiger partial charge in [-0.2, -0.15) is 5.10 Å². The van der Waals surface area contributed by atoms with Crippen LogP contribution in [0.5, 0.6) is 0 Å². The highest BCUT2D eigenvalue weighted by atomic mass is 16.5. The molecule has 0 aliphatic rings. The van der Waals surface area contributed by atoms with Crippen molar-refractivity contribution < 1.29 is 14.8 Å². The number of aromatic nitrogens is 5. The maximum Gasteiger partial charge on any atom is 0.274 e. The summed E-state index contributed by atoms with van der Waals surface area (Å²) in [6.45, 7) is 0.360. The Morgan fingerprint density at radius 2 is 1.61 bits per heavy atom. The van der Waals surface area contributed by atoms with Crippen LogP contribution in [0.2, 0.25) is 0 Å². The first-order chi connectivity index (χ1) is 17.5. The SMILES string of the molecule is Nc1ncnc2c1c(-c1ccc(C(=O)Nc3ccccn3)cc1)nn2Cc1ccc(C(=O)NO)cc1. The quantitative estimate of drug-likeness (QED) is 0.213. The Morgan fingerprint density at radius 3 is 2.31 bits per heavy atom. The van der Waals surface area contributed by atoms with Crippen LogP contribution in [0.1, 0.15) is 26.3 Å². The number of anilines is 2. The number of amides is 2. The van der Waals surface area contributed by atoms with Crippen LogP contribution in [0.25, 0.3) is 22.3 Å². The normalized spacial score (nSPS) is 10.8. The van der Waals surface area contributed by atoms with E-state index in [-0.39, 0.29) is 11.7 Å². The largest absolute Gasteiger partial charge is 0.383 e. The first-order valence-electron chi connectivity index (χ1n) is 10.9. The van der Waals surface area contributed by atoms with Crippen LogP contribution in [-0.4, -0.2) is 41.8 Å². The molecule has 0 fully saturated rings. The molecule has 178 valence electrons. The third kappa shape index (κ3) is 4.45. The van der Waals surface area contributed by atoms with Crippen molar-refractivity contribution in [2.45, 2.75) is 6.54 Å². The number of nitrogens with one attached hydrogen (secondary N) is 2. The third-order valence-corrected chi connectivity index (χ3v) is 5.54. The van der Waals surface area contributed by atoms with E-state index in [0.717, 1.165) is 11.1 Å². The molecule has 0 saturated heterocycles. The van der Waals surface area contributed by atoms with Gasteiger partial charge in [-0.3, -0.25) is 14.8 Å². The molecular weight excluding hydrogens is 460 g/mol. The van der Waals surface area contributed by atoms with E-state index in [2.05, 4.69) is 20.3 Å². The first-order valence-corrected chi connectivity index (χ1v) is 10.9. The average Bonchev–Trinajstić information content (AvgIpc) is 3.29. The lowest BCUT2D eigenvalue weighted by molar-refractivity contribution is 0.0706. The Morgan fingerprint density at radius 1 is 0.889 bits per heavy atom. The van der Waals surface area contributed by atoms with Gasteiger partial charge < -0.3 is 11.1 Å². The zero-order chi connectivity index (χ0) is 25.1. The fourth-order valence-electron chi connectivity index (χ4n) is 3.75. The van der Waals surface area contributed by atoms with Crippen LogP contribution in [-0.2, 0) is 6.54 Å². The Labute approximate surface area is 204 Å². The van der Waals surface area contributed by atoms with Crippen LogP contribution in [0.4, 0.5) is 11.6 Å². The third-order valence-electron chi connectivity index (χ3n) is 5.54. The molecule has 0 atom stereocenters. The van der Waals surface area contributed by atoms with Gasteiger partial charge in [0.1, 0.15) is 23.7 Å². The lowest BCUT2D eigenvalue weighted by atomic mass is 10.1. The van der Waals surface area contributed by atoms with Gasteiger partial charge in [0.25, 0.3) is 11.8 Å². The first kappa shape index (κ1) is 22.6. The summed E-state index contributed by atoms with van der Waals surface area (Å²) < 4.78 is 1.70. The second kappa shape index (κ2) is 9.60. The molecule has 0 radical (unpaired) electrons. The van der Waals surface area contributed by atoms with Gasteiger partial charge in [-0.05, 0) is 42.0 Å². The van der Waals surface area contributed by atoms with Crippen molar-refractivity contribution in [3.05, 3.63) is 95.9 Å². The van der Waals surface area contributed by atoms with Crippen molar-refractivity contribution in [1.82, 2.24) is 30.2 Å². The average molecular weight is 480 g/mol. The van der Waals surface area contributed by atoms with E-state index in [1.807, 2.05) is 0 Å². The van der Waals surface area contributed by atoms with E-state index in [1.54, 1.807) is 83.1 Å². The summed E-state index contributed by atoms with van der Waals surface area (Å²) in [6, 6.07) is 19.0. The Hall–Kier alpha value is -5.16. The predicted octanol–water partition coefficient (Wildman–Crippen LogP) is 2.89. The fourth-order valence-corrected chi connectivity index (χ4v) is 3.75. The molecule has 0 aliphatic carbocycles. The molecule has 0 spiro atoms. The number of carbonyl (C=O) groups excluding carboxylic acids is 2. The van der Waals surface area contributed by atoms with Gasteiger partial charge >= 0.3 is 0 Å². The molecule has 3 aromatic heterocycles. The highest BCUT2D eigenvalue weighted by Gasteiger charge is 2.18. The van der Waals surface area contributed by atoms with Crippen molar-refractivity contribution >= 4 is 34.5 Å². The van der Waals surface area contributed by atoms with Gasteiger partial charge in [0.15, 0.2) is 5.65 Å². The van der Waals surface area contributed by atoms with E-state index >= 15 is 0 Å². The Bertz CT molecular complexity index is 1550. The second-order valence-corrected chi connectivity index (χ2v) is 7.85. The van der Waals surface area contributed by atoms with Crippen LogP contribution < -0.4 is 16.5 Å². The summed E-state index contributed by atoms with van der Waals surface area (Å²) in [5, 5.41) is 16.9. The van der Waals surface area contributed by atoms with Gasteiger partial charge in [0, 0.05) is 22.9 Å². The minimum Gasteiger partial charge on any atom is -0.383 e. The van der Waals surface area contributed by atoms with Crippen molar-refractivity contribution in [1.29, 1.82) is 0 Å². The second-order valence-electron chi connectivity index (χ2n) is 7.85. The lowest BCUT2D eigenvalue weighted by Gasteiger charge is -2.05. The lowest BCUT2D eigenvalue weighted by Crippen LogP contribution is -2.18. The molecule has 5 rings (SSSR count). The van der Waals surface area contributed by atoms with Crippen molar-refractivity contribution in [3.8, 4) is 11.3 Å². The highest BCUT2D eigenvalue weighted by molar-refractivity contribution is 6.04. The minimum absolute atomic E-state index is 0.281. The maximum absolute atomic E-state index is 12.6. The molecule has 5 N–H and O–H groups in total. The van der Waals surface area contributed by atoms with Crippen molar-refractivity contribution in [2.75, 3.05) is 11.1 Å². The number of fused-ring (bicyclic) bond motifs is 1. The molecule has 2 amide bonds. The number of rotatable bonds is 6. The van der Waals surface area contributed by atoms with Crippen LogP contribution >= 0.6 is 0 Å². The number of pyridine rings is 1. The number of nitrogens with two attached hydrogens (primary N) is 1. The number of hydroxylamine groups is 1. The molecule has 11 heteroatoms. The molecule has 3 heterocycles. The van der Waals surface area contributed by atoms with E-state index in [1.165, 1.54) is 6.33 Å². The summed E-state index contributed by atoms with van der Waals surface area (Å²) in [4.78, 5) is 36.7. The monoisotopic (exact) mass is 480 g/mol. The van der Waals surface area contributed by atoms with E-state index < -0.39 is 5.91 Å².